The summed E-state index contributed by atoms with van der Waals surface area (Å²) in [6, 6.07) is 14.3. The molecule has 0 aromatic heterocycles. The number of hydrogen-bond acceptors (Lipinski definition) is 3. The molecule has 0 fully saturated rings. The molecular formula is C21H22Br2O3. The number of ketones is 1. The van der Waals surface area contributed by atoms with Crippen LogP contribution in [0.15, 0.2) is 46.9 Å². The summed E-state index contributed by atoms with van der Waals surface area (Å²) < 4.78 is 13.0. The molecule has 3 nitrogen and oxygen atoms in total. The van der Waals surface area contributed by atoms with Gasteiger partial charge in [0.2, 0.25) is 0 Å². The molecule has 2 aromatic rings. The number of fused-ring (bicyclic) bond motifs is 1. The Balaban J connectivity index is 1.62. The molecule has 0 saturated carbocycles. The monoisotopic (exact) mass is 480 g/mol. The lowest BCUT2D eigenvalue weighted by Crippen LogP contribution is -2.25. The topological polar surface area (TPSA) is 35.5 Å². The number of alkyl halides is 1. The summed E-state index contributed by atoms with van der Waals surface area (Å²) in [6.45, 7) is 2.08. The summed E-state index contributed by atoms with van der Waals surface area (Å²) in [6.07, 6.45) is 2.36. The standard InChI is InChI=1S/C21H22Br2O3/c1-14(24)21(8-9-22)26-18-6-7-20(23)17(12-18)13-25-19-10-15-4-2-3-5-16(15)11-19/h2-7,12,19,21H,8-11,13H2,1H3. The van der Waals surface area contributed by atoms with Gasteiger partial charge in [0.15, 0.2) is 11.9 Å². The Kier molecular flexibility index (Phi) is 6.90. The molecule has 0 spiro atoms. The third-order valence-electron chi connectivity index (χ3n) is 4.61. The number of benzene rings is 2. The van der Waals surface area contributed by atoms with Gasteiger partial charge < -0.3 is 9.47 Å². The number of halogens is 2. The normalized spacial score (nSPS) is 14.9. The van der Waals surface area contributed by atoms with E-state index in [1.54, 1.807) is 6.92 Å². The summed E-state index contributed by atoms with van der Waals surface area (Å²) in [5.74, 6) is 0.733. The Hall–Kier alpha value is -1.17. The van der Waals surface area contributed by atoms with E-state index in [-0.39, 0.29) is 11.9 Å². The van der Waals surface area contributed by atoms with Gasteiger partial charge in [0.25, 0.3) is 0 Å². The van der Waals surface area contributed by atoms with Gasteiger partial charge in [-0.2, -0.15) is 0 Å². The van der Waals surface area contributed by atoms with E-state index in [9.17, 15) is 4.79 Å². The van der Waals surface area contributed by atoms with Crippen LogP contribution < -0.4 is 4.74 Å². The van der Waals surface area contributed by atoms with Crippen LogP contribution >= 0.6 is 31.9 Å². The highest BCUT2D eigenvalue weighted by Gasteiger charge is 2.22. The zero-order chi connectivity index (χ0) is 18.5. The zero-order valence-electron chi connectivity index (χ0n) is 14.7. The number of hydrogen-bond donors (Lipinski definition) is 0. The fourth-order valence-electron chi connectivity index (χ4n) is 3.19. The van der Waals surface area contributed by atoms with E-state index in [1.165, 1.54) is 11.1 Å². The number of Topliss-reactive ketones (excluding diaryl/α,β-unsaturated/α-hetero) is 1. The quantitative estimate of drug-likeness (QED) is 0.482. The van der Waals surface area contributed by atoms with E-state index in [2.05, 4.69) is 56.1 Å². The average molecular weight is 482 g/mol. The predicted octanol–water partition coefficient (Wildman–Crippen LogP) is 5.25. The maximum Gasteiger partial charge on any atom is 0.170 e. The molecule has 1 aliphatic carbocycles. The van der Waals surface area contributed by atoms with Crippen LogP contribution in [0.25, 0.3) is 0 Å². The summed E-state index contributed by atoms with van der Waals surface area (Å²) in [5, 5.41) is 0.728. The van der Waals surface area contributed by atoms with Gasteiger partial charge in [0, 0.05) is 16.2 Å². The molecule has 1 aliphatic rings. The first-order chi connectivity index (χ1) is 12.6. The van der Waals surface area contributed by atoms with Crippen molar-refractivity contribution in [3.8, 4) is 5.75 Å². The number of carbonyl (C=O) groups excluding carboxylic acids is 1. The smallest absolute Gasteiger partial charge is 0.170 e. The Morgan fingerprint density at radius 2 is 1.88 bits per heavy atom. The molecule has 138 valence electrons. The van der Waals surface area contributed by atoms with Crippen molar-refractivity contribution in [1.82, 2.24) is 0 Å². The first kappa shape index (κ1) is 19.6. The molecule has 5 heteroatoms. The lowest BCUT2D eigenvalue weighted by atomic mass is 10.1. The van der Waals surface area contributed by atoms with Crippen LogP contribution in [0.4, 0.5) is 0 Å². The molecule has 0 radical (unpaired) electrons. The minimum Gasteiger partial charge on any atom is -0.483 e. The van der Waals surface area contributed by atoms with Crippen molar-refractivity contribution in [2.75, 3.05) is 5.33 Å². The molecule has 0 amide bonds. The van der Waals surface area contributed by atoms with Crippen molar-refractivity contribution in [1.29, 1.82) is 0 Å². The minimum atomic E-state index is -0.423. The largest absolute Gasteiger partial charge is 0.483 e. The van der Waals surface area contributed by atoms with Crippen LogP contribution in [0, 0.1) is 0 Å². The van der Waals surface area contributed by atoms with Crippen LogP contribution in [0.3, 0.4) is 0 Å². The molecule has 1 atom stereocenters. The summed E-state index contributed by atoms with van der Waals surface area (Å²) in [5.41, 5.74) is 3.79. The van der Waals surface area contributed by atoms with Crippen LogP contribution in [-0.4, -0.2) is 23.3 Å². The van der Waals surface area contributed by atoms with Crippen LogP contribution in [0.1, 0.15) is 30.0 Å². The highest BCUT2D eigenvalue weighted by Crippen LogP contribution is 2.28. The molecule has 0 bridgehead atoms. The minimum absolute atomic E-state index is 0.0360. The molecule has 2 aromatic carbocycles. The van der Waals surface area contributed by atoms with Gasteiger partial charge >= 0.3 is 0 Å². The van der Waals surface area contributed by atoms with E-state index in [1.807, 2.05) is 18.2 Å². The molecule has 1 unspecified atom stereocenters. The molecule has 0 saturated heterocycles. The number of rotatable bonds is 8. The Bertz CT molecular complexity index is 751. The van der Waals surface area contributed by atoms with E-state index in [4.69, 9.17) is 9.47 Å². The fraction of sp³-hybridized carbons (Fsp3) is 0.381. The van der Waals surface area contributed by atoms with E-state index < -0.39 is 6.10 Å². The maximum atomic E-state index is 11.7. The third kappa shape index (κ3) is 4.96. The molecule has 3 rings (SSSR count). The summed E-state index contributed by atoms with van der Waals surface area (Å²) in [4.78, 5) is 11.7. The number of carbonyl (C=O) groups is 1. The average Bonchev–Trinajstić information content (AvgIpc) is 3.04. The highest BCUT2D eigenvalue weighted by molar-refractivity contribution is 9.10. The van der Waals surface area contributed by atoms with Crippen LogP contribution in [0.5, 0.6) is 5.75 Å². The fourth-order valence-corrected chi connectivity index (χ4v) is 3.96. The van der Waals surface area contributed by atoms with Crippen molar-refractivity contribution in [3.63, 3.8) is 0 Å². The lowest BCUT2D eigenvalue weighted by molar-refractivity contribution is -0.123. The molecule has 0 heterocycles. The summed E-state index contributed by atoms with van der Waals surface area (Å²) >= 11 is 6.96. The van der Waals surface area contributed by atoms with Gasteiger partial charge in [0.05, 0.1) is 12.7 Å². The second-order valence-corrected chi connectivity index (χ2v) is 8.21. The zero-order valence-corrected chi connectivity index (χ0v) is 17.9. The van der Waals surface area contributed by atoms with E-state index >= 15 is 0 Å². The molecular weight excluding hydrogens is 460 g/mol. The van der Waals surface area contributed by atoms with E-state index in [0.717, 1.165) is 28.2 Å². The van der Waals surface area contributed by atoms with Crippen molar-refractivity contribution in [2.45, 2.75) is 45.0 Å². The first-order valence-corrected chi connectivity index (χ1v) is 10.7. The predicted molar refractivity (Wildman–Crippen MR) is 110 cm³/mol. The van der Waals surface area contributed by atoms with Gasteiger partial charge in [-0.15, -0.1) is 0 Å². The molecule has 26 heavy (non-hydrogen) atoms. The van der Waals surface area contributed by atoms with Crippen molar-refractivity contribution < 1.29 is 14.3 Å². The van der Waals surface area contributed by atoms with Crippen LogP contribution in [0.2, 0.25) is 0 Å². The maximum absolute atomic E-state index is 11.7. The Morgan fingerprint density at radius 3 is 2.50 bits per heavy atom. The van der Waals surface area contributed by atoms with Crippen LogP contribution in [-0.2, 0) is 29.0 Å². The second kappa shape index (κ2) is 9.16. The first-order valence-electron chi connectivity index (χ1n) is 8.76. The molecule has 0 N–H and O–H groups in total. The third-order valence-corrected chi connectivity index (χ3v) is 5.84. The van der Waals surface area contributed by atoms with Crippen molar-refractivity contribution >= 4 is 37.6 Å². The second-order valence-electron chi connectivity index (χ2n) is 6.56. The number of ether oxygens (including phenoxy) is 2. The van der Waals surface area contributed by atoms with Crippen molar-refractivity contribution in [3.05, 3.63) is 63.6 Å². The van der Waals surface area contributed by atoms with Gasteiger partial charge in [-0.05, 0) is 54.7 Å². The van der Waals surface area contributed by atoms with Gasteiger partial charge in [-0.3, -0.25) is 4.79 Å². The SMILES string of the molecule is CC(=O)C(CCBr)Oc1ccc(Br)c(COC2Cc3ccccc3C2)c1. The lowest BCUT2D eigenvalue weighted by Gasteiger charge is -2.17. The summed E-state index contributed by atoms with van der Waals surface area (Å²) in [7, 11) is 0. The van der Waals surface area contributed by atoms with Crippen molar-refractivity contribution in [2.24, 2.45) is 0 Å². The van der Waals surface area contributed by atoms with Gasteiger partial charge in [0.1, 0.15) is 5.75 Å². The highest BCUT2D eigenvalue weighted by atomic mass is 79.9. The molecule has 0 aliphatic heterocycles. The Labute approximate surface area is 171 Å². The van der Waals surface area contributed by atoms with Gasteiger partial charge in [-0.25, -0.2) is 0 Å². The Morgan fingerprint density at radius 1 is 1.19 bits per heavy atom. The van der Waals surface area contributed by atoms with Gasteiger partial charge in [-0.1, -0.05) is 56.1 Å². The van der Waals surface area contributed by atoms with E-state index in [0.29, 0.717) is 18.8 Å².